The number of hydrogen-bond donors (Lipinski definition) is 1. The van der Waals surface area contributed by atoms with E-state index in [1.165, 1.54) is 0 Å². The van der Waals surface area contributed by atoms with E-state index >= 15 is 0 Å². The van der Waals surface area contributed by atoms with Gasteiger partial charge in [-0.05, 0) is 53.9 Å². The van der Waals surface area contributed by atoms with Crippen LogP contribution in [0, 0.1) is 0 Å². The highest BCUT2D eigenvalue weighted by Crippen LogP contribution is 2.23. The largest absolute Gasteiger partial charge is 0.336 e. The third-order valence-corrected chi connectivity index (χ3v) is 4.29. The number of thiol groups is 1. The Labute approximate surface area is 130 Å². The number of unbranched alkanes of at least 4 members (excludes halogenated alkanes) is 1. The van der Waals surface area contributed by atoms with Crippen LogP contribution in [0.15, 0.2) is 27.6 Å². The van der Waals surface area contributed by atoms with Gasteiger partial charge < -0.3 is 4.90 Å². The molecule has 0 saturated heterocycles. The first-order chi connectivity index (χ1) is 9.01. The van der Waals surface area contributed by atoms with Crippen LogP contribution < -0.4 is 0 Å². The second-order valence-corrected chi connectivity index (χ2v) is 6.14. The van der Waals surface area contributed by atoms with E-state index < -0.39 is 0 Å². The zero-order valence-electron chi connectivity index (χ0n) is 11.8. The highest BCUT2D eigenvalue weighted by molar-refractivity contribution is 9.10. The van der Waals surface area contributed by atoms with E-state index in [4.69, 9.17) is 0 Å². The minimum Gasteiger partial charge on any atom is -0.336 e. The number of hydrogen-bond acceptors (Lipinski definition) is 2. The maximum Gasteiger partial charge on any atom is 0.255 e. The highest BCUT2D eigenvalue weighted by Gasteiger charge is 2.21. The predicted octanol–water partition coefficient (Wildman–Crippen LogP) is 4.78. The molecule has 1 unspecified atom stereocenters. The van der Waals surface area contributed by atoms with Crippen molar-refractivity contribution in [1.29, 1.82) is 0 Å². The van der Waals surface area contributed by atoms with Crippen LogP contribution in [-0.2, 0) is 0 Å². The molecule has 2 nitrogen and oxygen atoms in total. The van der Waals surface area contributed by atoms with Gasteiger partial charge in [0.25, 0.3) is 5.91 Å². The minimum absolute atomic E-state index is 0.0885. The molecule has 0 spiro atoms. The number of benzene rings is 1. The Morgan fingerprint density at radius 1 is 1.42 bits per heavy atom. The first kappa shape index (κ1) is 16.6. The second kappa shape index (κ2) is 7.95. The van der Waals surface area contributed by atoms with E-state index in [2.05, 4.69) is 49.3 Å². The number of rotatable bonds is 6. The van der Waals surface area contributed by atoms with Gasteiger partial charge in [0.1, 0.15) is 0 Å². The molecule has 19 heavy (non-hydrogen) atoms. The van der Waals surface area contributed by atoms with Gasteiger partial charge in [0, 0.05) is 22.0 Å². The molecule has 1 aromatic rings. The molecule has 0 bridgehead atoms. The lowest BCUT2D eigenvalue weighted by Gasteiger charge is -2.29. The molecule has 1 aromatic carbocycles. The first-order valence-corrected chi connectivity index (χ1v) is 8.04. The Morgan fingerprint density at radius 2 is 2.11 bits per heavy atom. The summed E-state index contributed by atoms with van der Waals surface area (Å²) >= 11 is 7.78. The lowest BCUT2D eigenvalue weighted by atomic mass is 10.1. The molecule has 106 valence electrons. The van der Waals surface area contributed by atoms with Crippen LogP contribution >= 0.6 is 28.6 Å². The summed E-state index contributed by atoms with van der Waals surface area (Å²) in [6, 6.07) is 5.85. The summed E-state index contributed by atoms with van der Waals surface area (Å²) in [5, 5.41) is 0. The van der Waals surface area contributed by atoms with Crippen LogP contribution in [0.4, 0.5) is 0 Å². The monoisotopic (exact) mass is 343 g/mol. The molecular formula is C15H22BrNOS. The number of nitrogens with zero attached hydrogens (tertiary/aromatic N) is 1. The zero-order valence-corrected chi connectivity index (χ0v) is 14.3. The molecule has 0 radical (unpaired) electrons. The first-order valence-electron chi connectivity index (χ1n) is 6.80. The van der Waals surface area contributed by atoms with Crippen molar-refractivity contribution in [3.63, 3.8) is 0 Å². The molecule has 1 atom stereocenters. The van der Waals surface area contributed by atoms with Gasteiger partial charge in [-0.1, -0.05) is 20.3 Å². The smallest absolute Gasteiger partial charge is 0.255 e. The highest BCUT2D eigenvalue weighted by atomic mass is 79.9. The van der Waals surface area contributed by atoms with Gasteiger partial charge in [0.15, 0.2) is 0 Å². The summed E-state index contributed by atoms with van der Waals surface area (Å²) in [6.07, 6.45) is 3.09. The van der Waals surface area contributed by atoms with Crippen molar-refractivity contribution in [3.05, 3.63) is 28.2 Å². The van der Waals surface area contributed by atoms with Gasteiger partial charge >= 0.3 is 0 Å². The molecule has 0 aromatic heterocycles. The van der Waals surface area contributed by atoms with Gasteiger partial charge in [-0.25, -0.2) is 0 Å². The summed E-state index contributed by atoms with van der Waals surface area (Å²) in [4.78, 5) is 15.5. The lowest BCUT2D eigenvalue weighted by molar-refractivity contribution is 0.0684. The fourth-order valence-electron chi connectivity index (χ4n) is 1.90. The Balaban J connectivity index is 3.00. The van der Waals surface area contributed by atoms with Crippen LogP contribution in [-0.4, -0.2) is 23.4 Å². The minimum atomic E-state index is 0.0885. The molecule has 0 N–H and O–H groups in total. The standard InChI is InChI=1S/C15H22BrNOS/c1-4-6-9-17(11(3)5-2)15(18)13-10-12(19)7-8-14(13)16/h7-8,10-11,19H,4-6,9H2,1-3H3. The van der Waals surface area contributed by atoms with Gasteiger partial charge in [0.2, 0.25) is 0 Å². The average molecular weight is 344 g/mol. The molecule has 4 heteroatoms. The maximum atomic E-state index is 12.7. The fraction of sp³-hybridized carbons (Fsp3) is 0.533. The quantitative estimate of drug-likeness (QED) is 0.737. The molecular weight excluding hydrogens is 322 g/mol. The molecule has 1 rings (SSSR count). The number of carbonyl (C=O) groups is 1. The SMILES string of the molecule is CCCCN(C(=O)c1cc(S)ccc1Br)C(C)CC. The van der Waals surface area contributed by atoms with Crippen LogP contribution in [0.3, 0.4) is 0 Å². The Hall–Kier alpha value is -0.480. The van der Waals surface area contributed by atoms with Crippen LogP contribution in [0.5, 0.6) is 0 Å². The summed E-state index contributed by atoms with van der Waals surface area (Å²) in [7, 11) is 0. The fourth-order valence-corrected chi connectivity index (χ4v) is 2.52. The molecule has 0 aliphatic heterocycles. The summed E-state index contributed by atoms with van der Waals surface area (Å²) in [6.45, 7) is 7.17. The predicted molar refractivity (Wildman–Crippen MR) is 87.1 cm³/mol. The van der Waals surface area contributed by atoms with Crippen molar-refractivity contribution in [1.82, 2.24) is 4.90 Å². The van der Waals surface area contributed by atoms with E-state index in [0.717, 1.165) is 35.2 Å². The van der Waals surface area contributed by atoms with Crippen molar-refractivity contribution in [3.8, 4) is 0 Å². The topological polar surface area (TPSA) is 20.3 Å². The molecule has 0 aliphatic carbocycles. The Morgan fingerprint density at radius 3 is 2.68 bits per heavy atom. The number of halogens is 1. The third-order valence-electron chi connectivity index (χ3n) is 3.32. The van der Waals surface area contributed by atoms with Gasteiger partial charge in [-0.3, -0.25) is 4.79 Å². The zero-order chi connectivity index (χ0) is 14.4. The van der Waals surface area contributed by atoms with E-state index in [1.54, 1.807) is 0 Å². The summed E-state index contributed by atoms with van der Waals surface area (Å²) in [5.74, 6) is 0.0885. The third kappa shape index (κ3) is 4.53. The summed E-state index contributed by atoms with van der Waals surface area (Å²) < 4.78 is 0.833. The van der Waals surface area contributed by atoms with Crippen LogP contribution in [0.2, 0.25) is 0 Å². The van der Waals surface area contributed by atoms with Crippen molar-refractivity contribution >= 4 is 34.5 Å². The molecule has 0 heterocycles. The normalized spacial score (nSPS) is 12.3. The molecule has 0 fully saturated rings. The average Bonchev–Trinajstić information content (AvgIpc) is 2.41. The number of amides is 1. The summed E-state index contributed by atoms with van der Waals surface area (Å²) in [5.41, 5.74) is 0.698. The Kier molecular flexibility index (Phi) is 6.94. The van der Waals surface area contributed by atoms with Gasteiger partial charge in [-0.2, -0.15) is 0 Å². The van der Waals surface area contributed by atoms with Crippen molar-refractivity contribution in [2.75, 3.05) is 6.54 Å². The van der Waals surface area contributed by atoms with Gasteiger partial charge in [0.05, 0.1) is 5.56 Å². The Bertz CT molecular complexity index is 436. The maximum absolute atomic E-state index is 12.7. The van der Waals surface area contributed by atoms with E-state index in [0.29, 0.717) is 5.56 Å². The number of carbonyl (C=O) groups excluding carboxylic acids is 1. The lowest BCUT2D eigenvalue weighted by Crippen LogP contribution is -2.39. The van der Waals surface area contributed by atoms with Crippen molar-refractivity contribution < 1.29 is 4.79 Å². The molecule has 1 amide bonds. The van der Waals surface area contributed by atoms with E-state index in [1.807, 2.05) is 23.1 Å². The molecule has 0 aliphatic rings. The van der Waals surface area contributed by atoms with Crippen molar-refractivity contribution in [2.24, 2.45) is 0 Å². The van der Waals surface area contributed by atoms with Crippen LogP contribution in [0.1, 0.15) is 50.4 Å². The van der Waals surface area contributed by atoms with Crippen LogP contribution in [0.25, 0.3) is 0 Å². The van der Waals surface area contributed by atoms with E-state index in [-0.39, 0.29) is 11.9 Å². The van der Waals surface area contributed by atoms with Crippen molar-refractivity contribution in [2.45, 2.75) is 51.0 Å². The van der Waals surface area contributed by atoms with Gasteiger partial charge in [-0.15, -0.1) is 12.6 Å². The second-order valence-electron chi connectivity index (χ2n) is 4.77. The molecule has 0 saturated carbocycles. The van der Waals surface area contributed by atoms with E-state index in [9.17, 15) is 4.79 Å².